The number of carbonyl (C=O) groups excluding carboxylic acids is 1. The molecule has 1 aliphatic heterocycles. The zero-order chi connectivity index (χ0) is 10.1. The summed E-state index contributed by atoms with van der Waals surface area (Å²) in [6, 6.07) is 9.83. The van der Waals surface area contributed by atoms with E-state index in [9.17, 15) is 4.79 Å². The molecule has 1 aromatic rings. The number of nitrogens with zero attached hydrogens (tertiary/aromatic N) is 1. The second-order valence-electron chi connectivity index (χ2n) is 3.72. The van der Waals surface area contributed by atoms with Gasteiger partial charge in [0.15, 0.2) is 0 Å². The first kappa shape index (κ1) is 9.21. The van der Waals surface area contributed by atoms with Crippen LogP contribution in [0.25, 0.3) is 0 Å². The van der Waals surface area contributed by atoms with Crippen LogP contribution in [0.4, 0.5) is 0 Å². The molecule has 74 valence electrons. The smallest absolute Gasteiger partial charge is 0.239 e. The molecular weight excluding hydrogens is 176 g/mol. The molecule has 0 unspecified atom stereocenters. The van der Waals surface area contributed by atoms with Crippen LogP contribution in [-0.2, 0) is 4.79 Å². The summed E-state index contributed by atoms with van der Waals surface area (Å²) in [5, 5.41) is 0. The highest BCUT2D eigenvalue weighted by atomic mass is 16.2. The normalized spacial score (nSPS) is 27.0. The van der Waals surface area contributed by atoms with Gasteiger partial charge in [-0.25, -0.2) is 0 Å². The lowest BCUT2D eigenvalue weighted by Gasteiger charge is -2.19. The first-order valence-electron chi connectivity index (χ1n) is 4.77. The maximum absolute atomic E-state index is 11.5. The van der Waals surface area contributed by atoms with Crippen molar-refractivity contribution in [3.8, 4) is 0 Å². The van der Waals surface area contributed by atoms with Crippen LogP contribution in [0.3, 0.4) is 0 Å². The largest absolute Gasteiger partial charge is 0.337 e. The lowest BCUT2D eigenvalue weighted by molar-refractivity contribution is -0.128. The third-order valence-corrected chi connectivity index (χ3v) is 2.79. The summed E-state index contributed by atoms with van der Waals surface area (Å²) in [6.45, 7) is 0. The third kappa shape index (κ3) is 1.40. The summed E-state index contributed by atoms with van der Waals surface area (Å²) in [6.07, 6.45) is 0.722. The standard InChI is InChI=1S/C11H14N2O/c1-13-10(7-9(12)11(13)14)8-5-3-2-4-6-8/h2-6,9-10H,7,12H2,1H3/t9-,10-/m0/s1. The van der Waals surface area contributed by atoms with Crippen molar-refractivity contribution in [1.82, 2.24) is 4.90 Å². The maximum Gasteiger partial charge on any atom is 0.239 e. The van der Waals surface area contributed by atoms with E-state index >= 15 is 0 Å². The van der Waals surface area contributed by atoms with Gasteiger partial charge < -0.3 is 10.6 Å². The van der Waals surface area contributed by atoms with E-state index in [-0.39, 0.29) is 18.0 Å². The Morgan fingerprint density at radius 2 is 2.00 bits per heavy atom. The summed E-state index contributed by atoms with van der Waals surface area (Å²) < 4.78 is 0. The number of likely N-dealkylation sites (N-methyl/N-ethyl adjacent to an activating group) is 1. The first-order chi connectivity index (χ1) is 6.70. The number of carbonyl (C=O) groups is 1. The number of nitrogens with two attached hydrogens (primary N) is 1. The molecule has 1 amide bonds. The van der Waals surface area contributed by atoms with E-state index in [0.29, 0.717) is 0 Å². The molecule has 1 fully saturated rings. The van der Waals surface area contributed by atoms with E-state index in [1.807, 2.05) is 37.4 Å². The van der Waals surface area contributed by atoms with Gasteiger partial charge in [-0.1, -0.05) is 30.3 Å². The van der Waals surface area contributed by atoms with E-state index in [0.717, 1.165) is 12.0 Å². The van der Waals surface area contributed by atoms with Crippen molar-refractivity contribution < 1.29 is 4.79 Å². The third-order valence-electron chi connectivity index (χ3n) is 2.79. The predicted molar refractivity (Wildman–Crippen MR) is 54.5 cm³/mol. The van der Waals surface area contributed by atoms with Crippen molar-refractivity contribution in [2.24, 2.45) is 5.73 Å². The van der Waals surface area contributed by atoms with Gasteiger partial charge in [-0.2, -0.15) is 0 Å². The zero-order valence-corrected chi connectivity index (χ0v) is 8.18. The molecule has 3 nitrogen and oxygen atoms in total. The van der Waals surface area contributed by atoms with Gasteiger partial charge >= 0.3 is 0 Å². The fraction of sp³-hybridized carbons (Fsp3) is 0.364. The quantitative estimate of drug-likeness (QED) is 0.715. The number of likely N-dealkylation sites (tertiary alicyclic amines) is 1. The number of rotatable bonds is 1. The number of hydrogen-bond acceptors (Lipinski definition) is 2. The summed E-state index contributed by atoms with van der Waals surface area (Å²) >= 11 is 0. The SMILES string of the molecule is CN1C(=O)[C@@H](N)C[C@H]1c1ccccc1. The Labute approximate surface area is 83.5 Å². The summed E-state index contributed by atoms with van der Waals surface area (Å²) in [5.41, 5.74) is 6.87. The molecule has 2 atom stereocenters. The molecule has 1 saturated heterocycles. The second kappa shape index (κ2) is 3.42. The fourth-order valence-corrected chi connectivity index (χ4v) is 1.95. The summed E-state index contributed by atoms with van der Waals surface area (Å²) in [4.78, 5) is 13.2. The minimum absolute atomic E-state index is 0.0406. The van der Waals surface area contributed by atoms with Crippen LogP contribution in [0.2, 0.25) is 0 Å². The summed E-state index contributed by atoms with van der Waals surface area (Å²) in [5.74, 6) is 0.0406. The van der Waals surface area contributed by atoms with Gasteiger partial charge in [0.2, 0.25) is 5.91 Å². The Hall–Kier alpha value is -1.35. The van der Waals surface area contributed by atoms with Gasteiger partial charge in [0.05, 0.1) is 12.1 Å². The van der Waals surface area contributed by atoms with Crippen LogP contribution in [-0.4, -0.2) is 23.9 Å². The number of hydrogen-bond donors (Lipinski definition) is 1. The average Bonchev–Trinajstić information content (AvgIpc) is 2.47. The first-order valence-corrected chi connectivity index (χ1v) is 4.77. The molecule has 0 radical (unpaired) electrons. The van der Waals surface area contributed by atoms with Crippen molar-refractivity contribution in [2.75, 3.05) is 7.05 Å². The monoisotopic (exact) mass is 190 g/mol. The molecule has 0 spiro atoms. The van der Waals surface area contributed by atoms with Gasteiger partial charge in [-0.3, -0.25) is 4.79 Å². The van der Waals surface area contributed by atoms with Gasteiger partial charge in [0.25, 0.3) is 0 Å². The molecule has 14 heavy (non-hydrogen) atoms. The van der Waals surface area contributed by atoms with Gasteiger partial charge in [0.1, 0.15) is 0 Å². The highest BCUT2D eigenvalue weighted by Gasteiger charge is 2.35. The molecule has 2 N–H and O–H groups in total. The van der Waals surface area contributed by atoms with Crippen molar-refractivity contribution in [1.29, 1.82) is 0 Å². The molecule has 3 heteroatoms. The average molecular weight is 190 g/mol. The van der Waals surface area contributed by atoms with Crippen LogP contribution in [0.15, 0.2) is 30.3 Å². The van der Waals surface area contributed by atoms with Crippen molar-refractivity contribution in [3.63, 3.8) is 0 Å². The minimum atomic E-state index is -0.329. The highest BCUT2D eigenvalue weighted by molar-refractivity contribution is 5.84. The number of amides is 1. The van der Waals surface area contributed by atoms with E-state index in [2.05, 4.69) is 0 Å². The Balaban J connectivity index is 2.26. The van der Waals surface area contributed by atoms with Crippen LogP contribution < -0.4 is 5.73 Å². The molecule has 1 heterocycles. The van der Waals surface area contributed by atoms with E-state index in [1.54, 1.807) is 4.90 Å². The fourth-order valence-electron chi connectivity index (χ4n) is 1.95. The maximum atomic E-state index is 11.5. The van der Waals surface area contributed by atoms with Crippen molar-refractivity contribution in [2.45, 2.75) is 18.5 Å². The highest BCUT2D eigenvalue weighted by Crippen LogP contribution is 2.30. The number of benzene rings is 1. The van der Waals surface area contributed by atoms with Crippen LogP contribution >= 0.6 is 0 Å². The molecule has 1 aliphatic rings. The van der Waals surface area contributed by atoms with E-state index < -0.39 is 0 Å². The van der Waals surface area contributed by atoms with Gasteiger partial charge in [0, 0.05) is 7.05 Å². The zero-order valence-electron chi connectivity index (χ0n) is 8.18. The van der Waals surface area contributed by atoms with Gasteiger partial charge in [-0.05, 0) is 12.0 Å². The lowest BCUT2D eigenvalue weighted by atomic mass is 10.0. The Morgan fingerprint density at radius 1 is 1.36 bits per heavy atom. The molecule has 0 bridgehead atoms. The molecule has 0 aromatic heterocycles. The lowest BCUT2D eigenvalue weighted by Crippen LogP contribution is -2.31. The van der Waals surface area contributed by atoms with Crippen LogP contribution in [0.5, 0.6) is 0 Å². The molecule has 2 rings (SSSR count). The van der Waals surface area contributed by atoms with Crippen LogP contribution in [0, 0.1) is 0 Å². The van der Waals surface area contributed by atoms with E-state index in [1.165, 1.54) is 0 Å². The van der Waals surface area contributed by atoms with E-state index in [4.69, 9.17) is 5.73 Å². The van der Waals surface area contributed by atoms with Gasteiger partial charge in [-0.15, -0.1) is 0 Å². The molecule has 1 aromatic carbocycles. The predicted octanol–water partition coefficient (Wildman–Crippen LogP) is 0.917. The topological polar surface area (TPSA) is 46.3 Å². The molecule has 0 saturated carbocycles. The second-order valence-corrected chi connectivity index (χ2v) is 3.72. The van der Waals surface area contributed by atoms with Crippen LogP contribution in [0.1, 0.15) is 18.0 Å². The Bertz CT molecular complexity index is 336. The Kier molecular flexibility index (Phi) is 2.25. The minimum Gasteiger partial charge on any atom is -0.337 e. The van der Waals surface area contributed by atoms with Crippen molar-refractivity contribution in [3.05, 3.63) is 35.9 Å². The molecular formula is C11H14N2O. The summed E-state index contributed by atoms with van der Waals surface area (Å²) in [7, 11) is 1.81. The Morgan fingerprint density at radius 3 is 2.50 bits per heavy atom. The van der Waals surface area contributed by atoms with Crippen molar-refractivity contribution >= 4 is 5.91 Å². The molecule has 0 aliphatic carbocycles.